The van der Waals surface area contributed by atoms with Crippen molar-refractivity contribution in [1.29, 1.82) is 0 Å². The molecule has 1 aliphatic carbocycles. The summed E-state index contributed by atoms with van der Waals surface area (Å²) in [5.74, 6) is 0.0285. The molecule has 1 fully saturated rings. The maximum atomic E-state index is 11.9. The van der Waals surface area contributed by atoms with Crippen LogP contribution in [0.4, 0.5) is 0 Å². The maximum absolute atomic E-state index is 11.9. The Kier molecular flexibility index (Phi) is 6.65. The number of nitrogens with one attached hydrogen (secondary N) is 2. The van der Waals surface area contributed by atoms with Gasteiger partial charge in [0.2, 0.25) is 5.91 Å². The first-order valence-corrected chi connectivity index (χ1v) is 7.29. The van der Waals surface area contributed by atoms with Gasteiger partial charge in [0.15, 0.2) is 0 Å². The van der Waals surface area contributed by atoms with E-state index in [1.54, 1.807) is 0 Å². The Hall–Kier alpha value is -0.610. The average Bonchev–Trinajstić information content (AvgIpc) is 2.54. The average molecular weight is 256 g/mol. The molecule has 106 valence electrons. The monoisotopic (exact) mass is 256 g/mol. The summed E-state index contributed by atoms with van der Waals surface area (Å²) < 4.78 is 0. The number of hydrogen-bond donors (Lipinski definition) is 3. The van der Waals surface area contributed by atoms with Gasteiger partial charge >= 0.3 is 0 Å². The predicted molar refractivity (Wildman–Crippen MR) is 73.4 cm³/mol. The summed E-state index contributed by atoms with van der Waals surface area (Å²) >= 11 is 0. The number of carbonyl (C=O) groups excluding carboxylic acids is 1. The topological polar surface area (TPSA) is 61.4 Å². The summed E-state index contributed by atoms with van der Waals surface area (Å²) in [6, 6.07) is 0.0303. The number of rotatable bonds is 5. The van der Waals surface area contributed by atoms with Gasteiger partial charge in [-0.2, -0.15) is 0 Å². The number of amides is 1. The molecule has 0 saturated heterocycles. The predicted octanol–water partition coefficient (Wildman–Crippen LogP) is 1.57. The molecule has 0 aromatic heterocycles. The Morgan fingerprint density at radius 2 is 1.94 bits per heavy atom. The summed E-state index contributed by atoms with van der Waals surface area (Å²) in [7, 11) is 0. The van der Waals surface area contributed by atoms with E-state index in [-0.39, 0.29) is 30.1 Å². The van der Waals surface area contributed by atoms with Crippen LogP contribution < -0.4 is 10.6 Å². The van der Waals surface area contributed by atoms with E-state index in [4.69, 9.17) is 0 Å². The quantitative estimate of drug-likeness (QED) is 0.654. The molecular formula is C14H28N2O2. The van der Waals surface area contributed by atoms with Crippen LogP contribution in [0.1, 0.15) is 59.3 Å². The van der Waals surface area contributed by atoms with Crippen LogP contribution in [0.25, 0.3) is 0 Å². The van der Waals surface area contributed by atoms with Crippen molar-refractivity contribution in [2.45, 2.75) is 83.5 Å². The van der Waals surface area contributed by atoms with Crippen LogP contribution in [0, 0.1) is 0 Å². The van der Waals surface area contributed by atoms with E-state index in [2.05, 4.69) is 17.6 Å². The van der Waals surface area contributed by atoms with Gasteiger partial charge in [0.05, 0.1) is 12.1 Å². The van der Waals surface area contributed by atoms with Gasteiger partial charge in [-0.3, -0.25) is 4.79 Å². The first-order chi connectivity index (χ1) is 8.54. The van der Waals surface area contributed by atoms with Gasteiger partial charge in [0.1, 0.15) is 0 Å². The largest absolute Gasteiger partial charge is 0.392 e. The molecule has 4 nitrogen and oxygen atoms in total. The first kappa shape index (κ1) is 15.4. The van der Waals surface area contributed by atoms with Gasteiger partial charge < -0.3 is 15.7 Å². The zero-order valence-corrected chi connectivity index (χ0v) is 11.9. The minimum absolute atomic E-state index is 0.0285. The van der Waals surface area contributed by atoms with Crippen LogP contribution in [0.2, 0.25) is 0 Å². The Morgan fingerprint density at radius 1 is 1.28 bits per heavy atom. The molecule has 0 aliphatic heterocycles. The molecule has 0 aromatic rings. The van der Waals surface area contributed by atoms with Crippen molar-refractivity contribution in [3.63, 3.8) is 0 Å². The second kappa shape index (κ2) is 7.74. The SMILES string of the molecule is CCC(C)NC(=O)C(C)NC1CCCCCC1O. The highest BCUT2D eigenvalue weighted by Gasteiger charge is 2.25. The summed E-state index contributed by atoms with van der Waals surface area (Å²) in [5, 5.41) is 16.3. The van der Waals surface area contributed by atoms with E-state index >= 15 is 0 Å². The fourth-order valence-electron chi connectivity index (χ4n) is 2.35. The minimum Gasteiger partial charge on any atom is -0.392 e. The van der Waals surface area contributed by atoms with E-state index in [1.807, 2.05) is 13.8 Å². The lowest BCUT2D eigenvalue weighted by atomic mass is 10.0. The van der Waals surface area contributed by atoms with Crippen molar-refractivity contribution >= 4 is 5.91 Å². The van der Waals surface area contributed by atoms with Gasteiger partial charge in [0, 0.05) is 12.1 Å². The van der Waals surface area contributed by atoms with E-state index < -0.39 is 0 Å². The van der Waals surface area contributed by atoms with E-state index in [0.29, 0.717) is 0 Å². The standard InChI is InChI=1S/C14H28N2O2/c1-4-10(2)15-14(18)11(3)16-12-8-6-5-7-9-13(12)17/h10-13,16-17H,4-9H2,1-3H3,(H,15,18). The molecular weight excluding hydrogens is 228 g/mol. The Labute approximate surface area is 111 Å². The summed E-state index contributed by atoms with van der Waals surface area (Å²) in [4.78, 5) is 11.9. The van der Waals surface area contributed by atoms with E-state index in [9.17, 15) is 9.90 Å². The molecule has 4 heteroatoms. The van der Waals surface area contributed by atoms with Crippen LogP contribution in [0.3, 0.4) is 0 Å². The van der Waals surface area contributed by atoms with Gasteiger partial charge in [-0.15, -0.1) is 0 Å². The van der Waals surface area contributed by atoms with Gasteiger partial charge in [-0.05, 0) is 33.1 Å². The van der Waals surface area contributed by atoms with Crippen LogP contribution in [0.15, 0.2) is 0 Å². The Morgan fingerprint density at radius 3 is 2.61 bits per heavy atom. The normalized spacial score (nSPS) is 28.2. The van der Waals surface area contributed by atoms with Crippen LogP contribution >= 0.6 is 0 Å². The molecule has 4 unspecified atom stereocenters. The second-order valence-corrected chi connectivity index (χ2v) is 5.52. The third-order valence-corrected chi connectivity index (χ3v) is 3.84. The highest BCUT2D eigenvalue weighted by molar-refractivity contribution is 5.81. The third-order valence-electron chi connectivity index (χ3n) is 3.84. The van der Waals surface area contributed by atoms with Crippen molar-refractivity contribution in [3.05, 3.63) is 0 Å². The molecule has 0 aromatic carbocycles. The summed E-state index contributed by atoms with van der Waals surface area (Å²) in [6.45, 7) is 5.93. The Bertz CT molecular complexity index is 258. The molecule has 1 saturated carbocycles. The van der Waals surface area contributed by atoms with Crippen LogP contribution in [0.5, 0.6) is 0 Å². The fourth-order valence-corrected chi connectivity index (χ4v) is 2.35. The van der Waals surface area contributed by atoms with Crippen molar-refractivity contribution in [2.75, 3.05) is 0 Å². The molecule has 0 heterocycles. The van der Waals surface area contributed by atoms with E-state index in [1.165, 1.54) is 6.42 Å². The van der Waals surface area contributed by atoms with Crippen LogP contribution in [-0.4, -0.2) is 35.2 Å². The molecule has 1 rings (SSSR count). The third kappa shape index (κ3) is 4.94. The van der Waals surface area contributed by atoms with Gasteiger partial charge in [-0.1, -0.05) is 26.2 Å². The van der Waals surface area contributed by atoms with Crippen LogP contribution in [-0.2, 0) is 4.79 Å². The number of aliphatic hydroxyl groups excluding tert-OH is 1. The second-order valence-electron chi connectivity index (χ2n) is 5.52. The highest BCUT2D eigenvalue weighted by Crippen LogP contribution is 2.18. The van der Waals surface area contributed by atoms with Crippen molar-refractivity contribution < 1.29 is 9.90 Å². The molecule has 1 amide bonds. The minimum atomic E-state index is -0.314. The van der Waals surface area contributed by atoms with Crippen molar-refractivity contribution in [3.8, 4) is 0 Å². The maximum Gasteiger partial charge on any atom is 0.237 e. The van der Waals surface area contributed by atoms with Crippen molar-refractivity contribution in [2.24, 2.45) is 0 Å². The molecule has 4 atom stereocenters. The zero-order valence-electron chi connectivity index (χ0n) is 11.9. The van der Waals surface area contributed by atoms with Gasteiger partial charge in [-0.25, -0.2) is 0 Å². The molecule has 1 aliphatic rings. The van der Waals surface area contributed by atoms with Crippen molar-refractivity contribution in [1.82, 2.24) is 10.6 Å². The highest BCUT2D eigenvalue weighted by atomic mass is 16.3. The number of carbonyl (C=O) groups is 1. The Balaban J connectivity index is 2.41. The molecule has 3 N–H and O–H groups in total. The van der Waals surface area contributed by atoms with E-state index in [0.717, 1.165) is 32.1 Å². The fraction of sp³-hybridized carbons (Fsp3) is 0.929. The molecule has 0 radical (unpaired) electrons. The molecule has 0 bridgehead atoms. The number of hydrogen-bond acceptors (Lipinski definition) is 3. The lowest BCUT2D eigenvalue weighted by molar-refractivity contribution is -0.123. The summed E-state index contributed by atoms with van der Waals surface area (Å²) in [5.41, 5.74) is 0. The lowest BCUT2D eigenvalue weighted by Crippen LogP contribution is -2.51. The molecule has 0 spiro atoms. The van der Waals surface area contributed by atoms with Gasteiger partial charge in [0.25, 0.3) is 0 Å². The zero-order chi connectivity index (χ0) is 13.5. The number of aliphatic hydroxyl groups is 1. The lowest BCUT2D eigenvalue weighted by Gasteiger charge is -2.26. The summed E-state index contributed by atoms with van der Waals surface area (Å²) in [6.07, 6.45) is 5.83. The smallest absolute Gasteiger partial charge is 0.237 e. The first-order valence-electron chi connectivity index (χ1n) is 7.29. The molecule has 18 heavy (non-hydrogen) atoms.